The maximum absolute atomic E-state index is 12.8. The van der Waals surface area contributed by atoms with Crippen molar-refractivity contribution in [3.63, 3.8) is 0 Å². The zero-order valence-electron chi connectivity index (χ0n) is 16.8. The van der Waals surface area contributed by atoms with Gasteiger partial charge in [0.25, 0.3) is 5.91 Å². The Morgan fingerprint density at radius 2 is 2.07 bits per heavy atom. The quantitative estimate of drug-likeness (QED) is 0.531. The molecular formula is C19H24N4O4S2. The average molecular weight is 437 g/mol. The number of aromatic nitrogens is 3. The van der Waals surface area contributed by atoms with Crippen molar-refractivity contribution in [2.24, 2.45) is 4.99 Å². The molecule has 0 spiro atoms. The molecule has 0 N–H and O–H groups in total. The first-order valence-corrected chi connectivity index (χ1v) is 12.0. The van der Waals surface area contributed by atoms with E-state index in [1.807, 2.05) is 25.3 Å². The molecule has 0 saturated carbocycles. The number of sulfone groups is 1. The third-order valence-corrected chi connectivity index (χ3v) is 6.47. The highest BCUT2D eigenvalue weighted by Crippen LogP contribution is 2.22. The Balaban J connectivity index is 2.13. The van der Waals surface area contributed by atoms with Crippen LogP contribution in [0, 0.1) is 0 Å². The van der Waals surface area contributed by atoms with Crippen LogP contribution in [0.5, 0.6) is 0 Å². The van der Waals surface area contributed by atoms with Crippen LogP contribution in [0.15, 0.2) is 40.4 Å². The predicted molar refractivity (Wildman–Crippen MR) is 112 cm³/mol. The number of nitrogens with zero attached hydrogens (tertiary/aromatic N) is 4. The third kappa shape index (κ3) is 4.65. The highest BCUT2D eigenvalue weighted by molar-refractivity contribution is 7.90. The van der Waals surface area contributed by atoms with E-state index in [1.54, 1.807) is 35.1 Å². The lowest BCUT2D eigenvalue weighted by Gasteiger charge is -2.08. The Morgan fingerprint density at radius 1 is 1.31 bits per heavy atom. The molecule has 2 aromatic heterocycles. The van der Waals surface area contributed by atoms with E-state index < -0.39 is 15.7 Å². The molecule has 3 aromatic rings. The van der Waals surface area contributed by atoms with Gasteiger partial charge in [-0.05, 0) is 45.0 Å². The number of fused-ring (bicyclic) bond motifs is 1. The van der Waals surface area contributed by atoms with Crippen LogP contribution in [0.3, 0.4) is 0 Å². The maximum Gasteiger partial charge on any atom is 0.297 e. The number of rotatable bonds is 7. The third-order valence-electron chi connectivity index (χ3n) is 4.32. The van der Waals surface area contributed by atoms with Crippen LogP contribution in [0.2, 0.25) is 0 Å². The molecule has 0 aliphatic rings. The van der Waals surface area contributed by atoms with Crippen LogP contribution >= 0.6 is 11.3 Å². The summed E-state index contributed by atoms with van der Waals surface area (Å²) in [6, 6.07) is 6.61. The molecule has 0 radical (unpaired) electrons. The molecule has 10 heteroatoms. The van der Waals surface area contributed by atoms with Crippen LogP contribution in [0.1, 0.15) is 37.3 Å². The van der Waals surface area contributed by atoms with Gasteiger partial charge in [-0.25, -0.2) is 8.42 Å². The molecule has 0 unspecified atom stereocenters. The van der Waals surface area contributed by atoms with Gasteiger partial charge >= 0.3 is 0 Å². The van der Waals surface area contributed by atoms with Crippen molar-refractivity contribution >= 4 is 37.3 Å². The normalized spacial score (nSPS) is 12.9. The monoisotopic (exact) mass is 436 g/mol. The first kappa shape index (κ1) is 21.4. The number of hydrogen-bond acceptors (Lipinski definition) is 6. The molecule has 0 bridgehead atoms. The van der Waals surface area contributed by atoms with Crippen molar-refractivity contribution in [2.45, 2.75) is 38.3 Å². The SMILES string of the molecule is CCOCCn1c(=NC(=O)c2ccnn2C(C)C)sc2cc(S(C)(=O)=O)ccc21. The Kier molecular flexibility index (Phi) is 6.35. The summed E-state index contributed by atoms with van der Waals surface area (Å²) in [5, 5.41) is 4.19. The number of benzene rings is 1. The van der Waals surface area contributed by atoms with E-state index in [4.69, 9.17) is 4.74 Å². The van der Waals surface area contributed by atoms with Crippen LogP contribution in [0.4, 0.5) is 0 Å². The van der Waals surface area contributed by atoms with Gasteiger partial charge in [-0.2, -0.15) is 10.1 Å². The summed E-state index contributed by atoms with van der Waals surface area (Å²) in [6.07, 6.45) is 2.75. The zero-order chi connectivity index (χ0) is 21.2. The fourth-order valence-electron chi connectivity index (χ4n) is 2.93. The van der Waals surface area contributed by atoms with Gasteiger partial charge in [-0.15, -0.1) is 0 Å². The van der Waals surface area contributed by atoms with E-state index in [2.05, 4.69) is 10.1 Å². The van der Waals surface area contributed by atoms with Gasteiger partial charge in [0.1, 0.15) is 5.69 Å². The van der Waals surface area contributed by atoms with Gasteiger partial charge in [0.2, 0.25) is 0 Å². The lowest BCUT2D eigenvalue weighted by molar-refractivity contribution is 0.0984. The Hall–Kier alpha value is -2.30. The van der Waals surface area contributed by atoms with Crippen LogP contribution in [0.25, 0.3) is 10.2 Å². The predicted octanol–water partition coefficient (Wildman–Crippen LogP) is 2.66. The van der Waals surface area contributed by atoms with E-state index >= 15 is 0 Å². The summed E-state index contributed by atoms with van der Waals surface area (Å²) in [5.41, 5.74) is 1.22. The van der Waals surface area contributed by atoms with E-state index in [-0.39, 0.29) is 10.9 Å². The van der Waals surface area contributed by atoms with Crippen molar-refractivity contribution in [3.05, 3.63) is 41.0 Å². The van der Waals surface area contributed by atoms with Crippen molar-refractivity contribution in [3.8, 4) is 0 Å². The van der Waals surface area contributed by atoms with E-state index in [1.165, 1.54) is 17.6 Å². The Labute approximate surface area is 173 Å². The molecule has 2 heterocycles. The van der Waals surface area contributed by atoms with Crippen molar-refractivity contribution < 1.29 is 17.9 Å². The highest BCUT2D eigenvalue weighted by atomic mass is 32.2. The molecular weight excluding hydrogens is 412 g/mol. The number of carbonyl (C=O) groups is 1. The van der Waals surface area contributed by atoms with Crippen molar-refractivity contribution in [1.29, 1.82) is 0 Å². The van der Waals surface area contributed by atoms with E-state index in [0.717, 1.165) is 10.2 Å². The summed E-state index contributed by atoms with van der Waals surface area (Å²) in [7, 11) is -3.33. The topological polar surface area (TPSA) is 95.6 Å². The van der Waals surface area contributed by atoms with Gasteiger partial charge in [0, 0.05) is 31.6 Å². The van der Waals surface area contributed by atoms with Crippen LogP contribution < -0.4 is 4.80 Å². The largest absolute Gasteiger partial charge is 0.380 e. The molecule has 0 fully saturated rings. The van der Waals surface area contributed by atoms with Crippen molar-refractivity contribution in [1.82, 2.24) is 14.3 Å². The second-order valence-electron chi connectivity index (χ2n) is 6.81. The summed E-state index contributed by atoms with van der Waals surface area (Å²) >= 11 is 1.28. The molecule has 0 aliphatic heterocycles. The molecule has 0 saturated heterocycles. The second kappa shape index (κ2) is 8.60. The fourth-order valence-corrected chi connectivity index (χ4v) is 4.74. The zero-order valence-corrected chi connectivity index (χ0v) is 18.5. The molecule has 0 aliphatic carbocycles. The maximum atomic E-state index is 12.8. The molecule has 29 heavy (non-hydrogen) atoms. The molecule has 0 atom stereocenters. The summed E-state index contributed by atoms with van der Waals surface area (Å²) in [5.74, 6) is -0.392. The molecule has 3 rings (SSSR count). The Morgan fingerprint density at radius 3 is 2.72 bits per heavy atom. The summed E-state index contributed by atoms with van der Waals surface area (Å²) in [4.78, 5) is 17.9. The Bertz CT molecular complexity index is 1200. The second-order valence-corrected chi connectivity index (χ2v) is 9.83. The van der Waals surface area contributed by atoms with Gasteiger partial charge < -0.3 is 9.30 Å². The lowest BCUT2D eigenvalue weighted by atomic mass is 10.3. The highest BCUT2D eigenvalue weighted by Gasteiger charge is 2.16. The summed E-state index contributed by atoms with van der Waals surface area (Å²) < 4.78 is 33.5. The number of hydrogen-bond donors (Lipinski definition) is 0. The van der Waals surface area contributed by atoms with Gasteiger partial charge in [0.15, 0.2) is 14.6 Å². The lowest BCUT2D eigenvalue weighted by Crippen LogP contribution is -2.21. The van der Waals surface area contributed by atoms with E-state index in [9.17, 15) is 13.2 Å². The van der Waals surface area contributed by atoms with Crippen molar-refractivity contribution in [2.75, 3.05) is 19.5 Å². The standard InChI is InChI=1S/C19H24N4O4S2/c1-5-27-11-10-22-15-7-6-14(29(4,25)26)12-17(15)28-19(22)21-18(24)16-8-9-20-23(16)13(2)3/h6-9,12-13H,5,10-11H2,1-4H3. The smallest absolute Gasteiger partial charge is 0.297 e. The van der Waals surface area contributed by atoms with Gasteiger partial charge in [-0.1, -0.05) is 11.3 Å². The molecule has 8 nitrogen and oxygen atoms in total. The number of thiazole rings is 1. The first-order valence-electron chi connectivity index (χ1n) is 9.26. The van der Waals surface area contributed by atoms with Gasteiger partial charge in [-0.3, -0.25) is 9.48 Å². The van der Waals surface area contributed by atoms with Crippen LogP contribution in [-0.4, -0.2) is 48.1 Å². The molecule has 1 aromatic carbocycles. The fraction of sp³-hybridized carbons (Fsp3) is 0.421. The number of carbonyl (C=O) groups excluding carboxylic acids is 1. The van der Waals surface area contributed by atoms with Gasteiger partial charge in [0.05, 0.1) is 21.7 Å². The summed E-state index contributed by atoms with van der Waals surface area (Å²) in [6.45, 7) is 7.34. The minimum atomic E-state index is -3.33. The first-order chi connectivity index (χ1) is 13.7. The molecule has 156 valence electrons. The number of amides is 1. The minimum Gasteiger partial charge on any atom is -0.380 e. The number of ether oxygens (including phenoxy) is 1. The molecule has 1 amide bonds. The minimum absolute atomic E-state index is 0.0314. The van der Waals surface area contributed by atoms with Crippen LogP contribution in [-0.2, 0) is 21.1 Å². The average Bonchev–Trinajstić information content (AvgIpc) is 3.26. The van der Waals surface area contributed by atoms with E-state index in [0.29, 0.717) is 30.3 Å².